The van der Waals surface area contributed by atoms with Crippen LogP contribution < -0.4 is 5.32 Å². The van der Waals surface area contributed by atoms with Crippen LogP contribution in [0.3, 0.4) is 0 Å². The number of hydrogen-bond acceptors (Lipinski definition) is 1. The maximum absolute atomic E-state index is 12.6. The molecule has 5 heteroatoms. The lowest BCUT2D eigenvalue weighted by atomic mass is 9.68. The van der Waals surface area contributed by atoms with E-state index >= 15 is 0 Å². The second-order valence-corrected chi connectivity index (χ2v) is 7.90. The fourth-order valence-corrected chi connectivity index (χ4v) is 4.69. The normalized spacial score (nSPS) is 32.1. The SMILES string of the molecule is CC1(C)[C@H]2CC[C@](C)(C2)[C@@H]1NC(=O)c1ccc(C(F)(F)F)cc1. The van der Waals surface area contributed by atoms with Crippen molar-refractivity contribution in [2.75, 3.05) is 0 Å². The Balaban J connectivity index is 1.77. The minimum Gasteiger partial charge on any atom is -0.348 e. The zero-order valence-electron chi connectivity index (χ0n) is 13.6. The van der Waals surface area contributed by atoms with Gasteiger partial charge in [-0.3, -0.25) is 4.79 Å². The maximum atomic E-state index is 12.6. The zero-order chi connectivity index (χ0) is 17.0. The van der Waals surface area contributed by atoms with E-state index in [2.05, 4.69) is 26.1 Å². The van der Waals surface area contributed by atoms with Crippen LogP contribution in [-0.4, -0.2) is 11.9 Å². The van der Waals surface area contributed by atoms with Gasteiger partial charge in [0.05, 0.1) is 5.56 Å². The number of nitrogens with one attached hydrogen (secondary N) is 1. The molecule has 2 fully saturated rings. The van der Waals surface area contributed by atoms with Crippen molar-refractivity contribution in [1.82, 2.24) is 5.32 Å². The Morgan fingerprint density at radius 3 is 2.26 bits per heavy atom. The summed E-state index contributed by atoms with van der Waals surface area (Å²) < 4.78 is 37.8. The van der Waals surface area contributed by atoms with Crippen LogP contribution >= 0.6 is 0 Å². The molecule has 3 rings (SSSR count). The molecule has 0 spiro atoms. The second kappa shape index (κ2) is 4.99. The van der Waals surface area contributed by atoms with Crippen molar-refractivity contribution in [1.29, 1.82) is 0 Å². The number of amides is 1. The monoisotopic (exact) mass is 325 g/mol. The molecule has 0 unspecified atom stereocenters. The van der Waals surface area contributed by atoms with Gasteiger partial charge in [-0.15, -0.1) is 0 Å². The molecule has 0 aliphatic heterocycles. The lowest BCUT2D eigenvalue weighted by molar-refractivity contribution is -0.137. The molecule has 2 bridgehead atoms. The highest BCUT2D eigenvalue weighted by Crippen LogP contribution is 2.62. The molecule has 1 aromatic rings. The highest BCUT2D eigenvalue weighted by molar-refractivity contribution is 5.94. The summed E-state index contributed by atoms with van der Waals surface area (Å²) in [6.45, 7) is 6.57. The second-order valence-electron chi connectivity index (χ2n) is 7.90. The Labute approximate surface area is 134 Å². The molecule has 1 N–H and O–H groups in total. The minimum absolute atomic E-state index is 0.0224. The van der Waals surface area contributed by atoms with Crippen LogP contribution in [-0.2, 0) is 6.18 Å². The molecule has 0 heterocycles. The predicted octanol–water partition coefficient (Wildman–Crippen LogP) is 4.65. The lowest BCUT2D eigenvalue weighted by Gasteiger charge is -2.43. The lowest BCUT2D eigenvalue weighted by Crippen LogP contribution is -2.52. The van der Waals surface area contributed by atoms with Crippen LogP contribution in [0.15, 0.2) is 24.3 Å². The Kier molecular flexibility index (Phi) is 3.54. The van der Waals surface area contributed by atoms with Crippen LogP contribution in [0.1, 0.15) is 56.0 Å². The number of carbonyl (C=O) groups is 1. The van der Waals surface area contributed by atoms with E-state index in [1.807, 2.05) is 0 Å². The van der Waals surface area contributed by atoms with Gasteiger partial charge in [-0.25, -0.2) is 0 Å². The number of alkyl halides is 3. The Hall–Kier alpha value is -1.52. The van der Waals surface area contributed by atoms with E-state index in [1.165, 1.54) is 18.6 Å². The average Bonchev–Trinajstić information content (AvgIpc) is 2.94. The van der Waals surface area contributed by atoms with Crippen molar-refractivity contribution in [3.8, 4) is 0 Å². The van der Waals surface area contributed by atoms with E-state index < -0.39 is 11.7 Å². The van der Waals surface area contributed by atoms with Crippen molar-refractivity contribution in [3.63, 3.8) is 0 Å². The highest BCUT2D eigenvalue weighted by atomic mass is 19.4. The van der Waals surface area contributed by atoms with Gasteiger partial charge in [0, 0.05) is 11.6 Å². The molecule has 0 aromatic heterocycles. The van der Waals surface area contributed by atoms with Crippen LogP contribution in [0.5, 0.6) is 0 Å². The number of rotatable bonds is 2. The van der Waals surface area contributed by atoms with Gasteiger partial charge in [-0.2, -0.15) is 13.2 Å². The fraction of sp³-hybridized carbons (Fsp3) is 0.611. The van der Waals surface area contributed by atoms with Gasteiger partial charge in [-0.05, 0) is 60.3 Å². The molecule has 1 amide bonds. The third-order valence-corrected chi connectivity index (χ3v) is 6.02. The Bertz CT molecular complexity index is 615. The van der Waals surface area contributed by atoms with Crippen LogP contribution in [0, 0.1) is 16.7 Å². The molecule has 0 radical (unpaired) electrons. The van der Waals surface area contributed by atoms with Gasteiger partial charge in [0.2, 0.25) is 0 Å². The van der Waals surface area contributed by atoms with Crippen molar-refractivity contribution in [2.45, 2.75) is 52.3 Å². The summed E-state index contributed by atoms with van der Waals surface area (Å²) >= 11 is 0. The van der Waals surface area contributed by atoms with E-state index in [4.69, 9.17) is 0 Å². The summed E-state index contributed by atoms with van der Waals surface area (Å²) in [5, 5.41) is 3.10. The van der Waals surface area contributed by atoms with Crippen molar-refractivity contribution in [3.05, 3.63) is 35.4 Å². The third kappa shape index (κ3) is 2.64. The van der Waals surface area contributed by atoms with Crippen molar-refractivity contribution >= 4 is 5.91 Å². The van der Waals surface area contributed by atoms with Crippen LogP contribution in [0.25, 0.3) is 0 Å². The molecule has 2 nitrogen and oxygen atoms in total. The van der Waals surface area contributed by atoms with Gasteiger partial charge in [0.1, 0.15) is 0 Å². The van der Waals surface area contributed by atoms with Gasteiger partial charge in [0.25, 0.3) is 5.91 Å². The van der Waals surface area contributed by atoms with E-state index in [0.29, 0.717) is 5.92 Å². The first kappa shape index (κ1) is 16.3. The quantitative estimate of drug-likeness (QED) is 0.842. The van der Waals surface area contributed by atoms with Gasteiger partial charge in [0.15, 0.2) is 0 Å². The highest BCUT2D eigenvalue weighted by Gasteiger charge is 2.59. The fourth-order valence-electron chi connectivity index (χ4n) is 4.69. The number of halogens is 3. The topological polar surface area (TPSA) is 29.1 Å². The molecular formula is C18H22F3NO. The molecule has 2 aliphatic carbocycles. The summed E-state index contributed by atoms with van der Waals surface area (Å²) in [5.74, 6) is 0.316. The van der Waals surface area contributed by atoms with E-state index in [9.17, 15) is 18.0 Å². The molecule has 126 valence electrons. The first-order valence-electron chi connectivity index (χ1n) is 8.02. The molecular weight excluding hydrogens is 303 g/mol. The minimum atomic E-state index is -4.38. The first-order valence-corrected chi connectivity index (χ1v) is 8.02. The summed E-state index contributed by atoms with van der Waals surface area (Å²) in [7, 11) is 0. The zero-order valence-corrected chi connectivity index (χ0v) is 13.6. The van der Waals surface area contributed by atoms with Crippen molar-refractivity contribution < 1.29 is 18.0 Å². The summed E-state index contributed by atoms with van der Waals surface area (Å²) in [5.41, 5.74) is -0.342. The molecule has 1 aromatic carbocycles. The molecule has 23 heavy (non-hydrogen) atoms. The Morgan fingerprint density at radius 2 is 1.78 bits per heavy atom. The number of carbonyl (C=O) groups excluding carboxylic acids is 1. The summed E-state index contributed by atoms with van der Waals surface area (Å²) in [6.07, 6.45) is -0.984. The average molecular weight is 325 g/mol. The summed E-state index contributed by atoms with van der Waals surface area (Å²) in [6, 6.07) is 4.48. The standard InChI is InChI=1S/C18H22F3NO/c1-16(2)13-8-9-17(3,10-13)15(16)22-14(23)11-4-6-12(7-5-11)18(19,20)21/h4-7,13,15H,8-10H2,1-3H3,(H,22,23)/t13-,15+,17+/m0/s1. The van der Waals surface area contributed by atoms with Gasteiger partial charge >= 0.3 is 6.18 Å². The first-order chi connectivity index (χ1) is 10.5. The molecule has 0 saturated heterocycles. The Morgan fingerprint density at radius 1 is 1.17 bits per heavy atom. The van der Waals surface area contributed by atoms with E-state index in [1.54, 1.807) is 0 Å². The van der Waals surface area contributed by atoms with Crippen LogP contribution in [0.4, 0.5) is 13.2 Å². The third-order valence-electron chi connectivity index (χ3n) is 6.02. The maximum Gasteiger partial charge on any atom is 0.416 e. The predicted molar refractivity (Wildman–Crippen MR) is 81.9 cm³/mol. The van der Waals surface area contributed by atoms with Crippen molar-refractivity contribution in [2.24, 2.45) is 16.7 Å². The molecule has 2 aliphatic rings. The summed E-state index contributed by atoms with van der Waals surface area (Å²) in [4.78, 5) is 12.5. The smallest absolute Gasteiger partial charge is 0.348 e. The van der Waals surface area contributed by atoms with Gasteiger partial charge < -0.3 is 5.32 Å². The number of fused-ring (bicyclic) bond motifs is 2. The van der Waals surface area contributed by atoms with E-state index in [0.717, 1.165) is 25.0 Å². The largest absolute Gasteiger partial charge is 0.416 e. The number of hydrogen-bond donors (Lipinski definition) is 1. The molecule has 3 atom stereocenters. The number of benzene rings is 1. The van der Waals surface area contributed by atoms with Crippen LogP contribution in [0.2, 0.25) is 0 Å². The van der Waals surface area contributed by atoms with Gasteiger partial charge in [-0.1, -0.05) is 20.8 Å². The molecule has 2 saturated carbocycles. The van der Waals surface area contributed by atoms with E-state index in [-0.39, 0.29) is 28.3 Å².